The quantitative estimate of drug-likeness (QED) is 0.679. The Morgan fingerprint density at radius 1 is 1.25 bits per heavy atom. The van der Waals surface area contributed by atoms with Gasteiger partial charge in [0.15, 0.2) is 0 Å². The average molecular weight is 292 g/mol. The molecule has 1 heterocycles. The molecule has 1 aliphatic rings. The topological polar surface area (TPSA) is 72.6 Å². The van der Waals surface area contributed by atoms with Gasteiger partial charge in [-0.05, 0) is 25.0 Å². The van der Waals surface area contributed by atoms with Gasteiger partial charge < -0.3 is 10.5 Å². The van der Waals surface area contributed by atoms with Gasteiger partial charge in [0.05, 0.1) is 7.11 Å². The van der Waals surface area contributed by atoms with Crippen molar-refractivity contribution in [1.29, 1.82) is 0 Å². The number of imide groups is 1. The minimum absolute atomic E-state index is 0.128. The van der Waals surface area contributed by atoms with Crippen LogP contribution in [-0.2, 0) is 9.59 Å². The Kier molecular flexibility index (Phi) is 4.34. The first-order valence-electron chi connectivity index (χ1n) is 6.39. The van der Waals surface area contributed by atoms with Gasteiger partial charge >= 0.3 is 0 Å². The highest BCUT2D eigenvalue weighted by Crippen LogP contribution is 2.34. The minimum atomic E-state index is -0.241. The molecule has 5 nitrogen and oxygen atoms in total. The zero-order chi connectivity index (χ0) is 14.7. The number of nitrogens with two attached hydrogens (primary N) is 1. The fraction of sp³-hybridized carbons (Fsp3) is 0.357. The molecule has 1 aromatic carbocycles. The number of carbonyl (C=O) groups excluding carboxylic acids is 2. The summed E-state index contributed by atoms with van der Waals surface area (Å²) >= 11 is 5.01. The highest BCUT2D eigenvalue weighted by atomic mass is 32.1. The van der Waals surface area contributed by atoms with Gasteiger partial charge in [-0.2, -0.15) is 0 Å². The first-order chi connectivity index (χ1) is 9.56. The number of hydrogen-bond acceptors (Lipinski definition) is 4. The number of methoxy groups -OCH3 is 1. The summed E-state index contributed by atoms with van der Waals surface area (Å²) in [7, 11) is 1.48. The number of para-hydroxylation sites is 1. The van der Waals surface area contributed by atoms with Crippen molar-refractivity contribution >= 4 is 34.7 Å². The zero-order valence-electron chi connectivity index (χ0n) is 11.2. The Labute approximate surface area is 122 Å². The van der Waals surface area contributed by atoms with Gasteiger partial charge in [0.2, 0.25) is 11.8 Å². The second-order valence-corrected chi connectivity index (χ2v) is 4.99. The van der Waals surface area contributed by atoms with E-state index in [1.54, 1.807) is 18.2 Å². The van der Waals surface area contributed by atoms with E-state index in [0.717, 1.165) is 0 Å². The first-order valence-corrected chi connectivity index (χ1v) is 6.79. The molecule has 106 valence electrons. The van der Waals surface area contributed by atoms with Gasteiger partial charge in [0.25, 0.3) is 0 Å². The van der Waals surface area contributed by atoms with Crippen molar-refractivity contribution in [2.45, 2.75) is 25.7 Å². The lowest BCUT2D eigenvalue weighted by molar-refractivity contribution is -0.125. The van der Waals surface area contributed by atoms with Crippen molar-refractivity contribution in [3.8, 4) is 5.75 Å². The lowest BCUT2D eigenvalue weighted by atomic mass is 10.1. The number of thiocarbonyl (C=S) groups is 1. The molecule has 0 spiro atoms. The summed E-state index contributed by atoms with van der Waals surface area (Å²) in [6.07, 6.45) is 2.08. The Balaban J connectivity index is 2.61. The Bertz CT molecular complexity index is 554. The summed E-state index contributed by atoms with van der Waals surface area (Å²) < 4.78 is 5.27. The van der Waals surface area contributed by atoms with E-state index in [4.69, 9.17) is 22.7 Å². The van der Waals surface area contributed by atoms with Crippen molar-refractivity contribution < 1.29 is 14.3 Å². The number of rotatable bonds is 3. The van der Waals surface area contributed by atoms with Crippen LogP contribution in [0.4, 0.5) is 5.69 Å². The summed E-state index contributed by atoms with van der Waals surface area (Å²) in [4.78, 5) is 25.8. The predicted molar refractivity (Wildman–Crippen MR) is 79.8 cm³/mol. The molecule has 1 saturated heterocycles. The molecule has 2 rings (SSSR count). The zero-order valence-corrected chi connectivity index (χ0v) is 12.0. The molecule has 6 heteroatoms. The lowest BCUT2D eigenvalue weighted by Crippen LogP contribution is -2.37. The van der Waals surface area contributed by atoms with Gasteiger partial charge in [0, 0.05) is 18.4 Å². The van der Waals surface area contributed by atoms with E-state index in [-0.39, 0.29) is 16.8 Å². The summed E-state index contributed by atoms with van der Waals surface area (Å²) in [6, 6.07) is 5.10. The number of ether oxygens (including phenoxy) is 1. The number of carbonyl (C=O) groups is 2. The molecule has 2 amide bonds. The monoisotopic (exact) mass is 292 g/mol. The van der Waals surface area contributed by atoms with Gasteiger partial charge in [-0.15, -0.1) is 0 Å². The third kappa shape index (κ3) is 2.65. The molecule has 0 bridgehead atoms. The van der Waals surface area contributed by atoms with Crippen LogP contribution in [-0.4, -0.2) is 23.9 Å². The van der Waals surface area contributed by atoms with Crippen molar-refractivity contribution in [2.24, 2.45) is 5.73 Å². The standard InChI is InChI=1S/C14H16N2O3S/c1-19-10-6-4-5-9(14(15)20)13(10)16-11(17)7-2-3-8-12(16)18/h4-6H,2-3,7-8H2,1H3,(H2,15,20). The van der Waals surface area contributed by atoms with Crippen molar-refractivity contribution in [3.63, 3.8) is 0 Å². The van der Waals surface area contributed by atoms with Crippen LogP contribution in [0.2, 0.25) is 0 Å². The van der Waals surface area contributed by atoms with Crippen LogP contribution in [0.15, 0.2) is 18.2 Å². The van der Waals surface area contributed by atoms with E-state index < -0.39 is 0 Å². The highest BCUT2D eigenvalue weighted by molar-refractivity contribution is 7.80. The maximum atomic E-state index is 12.2. The highest BCUT2D eigenvalue weighted by Gasteiger charge is 2.30. The molecular formula is C14H16N2O3S. The SMILES string of the molecule is COc1cccc(C(N)=S)c1N1C(=O)CCCCC1=O. The first kappa shape index (κ1) is 14.5. The summed E-state index contributed by atoms with van der Waals surface area (Å²) in [6.45, 7) is 0. The second-order valence-electron chi connectivity index (χ2n) is 4.55. The summed E-state index contributed by atoms with van der Waals surface area (Å²) in [5.74, 6) is -0.0668. The fourth-order valence-electron chi connectivity index (χ4n) is 2.28. The van der Waals surface area contributed by atoms with Crippen LogP contribution < -0.4 is 15.4 Å². The molecule has 0 unspecified atom stereocenters. The maximum absolute atomic E-state index is 12.2. The van der Waals surface area contributed by atoms with Crippen molar-refractivity contribution in [2.75, 3.05) is 12.0 Å². The number of hydrogen-bond donors (Lipinski definition) is 1. The summed E-state index contributed by atoms with van der Waals surface area (Å²) in [5, 5.41) is 0. The number of benzene rings is 1. The largest absolute Gasteiger partial charge is 0.495 e. The Morgan fingerprint density at radius 2 is 1.85 bits per heavy atom. The smallest absolute Gasteiger partial charge is 0.233 e. The molecule has 1 fully saturated rings. The molecule has 0 aromatic heterocycles. The van der Waals surface area contributed by atoms with Crippen LogP contribution in [0.25, 0.3) is 0 Å². The van der Waals surface area contributed by atoms with E-state index in [0.29, 0.717) is 42.7 Å². The second kappa shape index (κ2) is 6.00. The van der Waals surface area contributed by atoms with Crippen LogP contribution in [0.1, 0.15) is 31.2 Å². The minimum Gasteiger partial charge on any atom is -0.495 e. The molecule has 0 atom stereocenters. The van der Waals surface area contributed by atoms with E-state index >= 15 is 0 Å². The number of nitrogens with zero attached hydrogens (tertiary/aromatic N) is 1. The molecule has 1 aromatic rings. The molecule has 0 aliphatic carbocycles. The Hall–Kier alpha value is -1.95. The van der Waals surface area contributed by atoms with Crippen LogP contribution in [0.5, 0.6) is 5.75 Å². The Morgan fingerprint density at radius 3 is 2.35 bits per heavy atom. The van der Waals surface area contributed by atoms with Gasteiger partial charge in [-0.25, -0.2) is 4.90 Å². The van der Waals surface area contributed by atoms with Gasteiger partial charge in [-0.1, -0.05) is 18.3 Å². The van der Waals surface area contributed by atoms with E-state index in [9.17, 15) is 9.59 Å². The predicted octanol–water partition coefficient (Wildman–Crippen LogP) is 1.76. The maximum Gasteiger partial charge on any atom is 0.233 e. The van der Waals surface area contributed by atoms with Crippen molar-refractivity contribution in [3.05, 3.63) is 23.8 Å². The molecule has 1 aliphatic heterocycles. The normalized spacial score (nSPS) is 15.9. The molecule has 0 radical (unpaired) electrons. The fourth-order valence-corrected chi connectivity index (χ4v) is 2.45. The molecule has 0 saturated carbocycles. The third-order valence-electron chi connectivity index (χ3n) is 3.24. The molecular weight excluding hydrogens is 276 g/mol. The van der Waals surface area contributed by atoms with Gasteiger partial charge in [-0.3, -0.25) is 9.59 Å². The molecule has 2 N–H and O–H groups in total. The van der Waals surface area contributed by atoms with Crippen molar-refractivity contribution in [1.82, 2.24) is 0 Å². The lowest BCUT2D eigenvalue weighted by Gasteiger charge is -2.23. The number of anilines is 1. The van der Waals surface area contributed by atoms with E-state index in [2.05, 4.69) is 0 Å². The van der Waals surface area contributed by atoms with Crippen LogP contribution in [0.3, 0.4) is 0 Å². The summed E-state index contributed by atoms with van der Waals surface area (Å²) in [5.41, 5.74) is 6.54. The van der Waals surface area contributed by atoms with Crippen LogP contribution >= 0.6 is 12.2 Å². The third-order valence-corrected chi connectivity index (χ3v) is 3.46. The van der Waals surface area contributed by atoms with Crippen LogP contribution in [0, 0.1) is 0 Å². The molecule has 20 heavy (non-hydrogen) atoms. The number of amides is 2. The van der Waals surface area contributed by atoms with Gasteiger partial charge in [0.1, 0.15) is 16.4 Å². The van der Waals surface area contributed by atoms with E-state index in [1.807, 2.05) is 0 Å². The van der Waals surface area contributed by atoms with E-state index in [1.165, 1.54) is 12.0 Å². The average Bonchev–Trinajstić information content (AvgIpc) is 2.59.